The fourth-order valence-corrected chi connectivity index (χ4v) is 3.35. The molecule has 1 aliphatic rings. The molecule has 3 heteroatoms. The van der Waals surface area contributed by atoms with Gasteiger partial charge in [-0.15, -0.1) is 0 Å². The highest BCUT2D eigenvalue weighted by molar-refractivity contribution is 4.96. The van der Waals surface area contributed by atoms with Crippen molar-refractivity contribution in [3.63, 3.8) is 0 Å². The summed E-state index contributed by atoms with van der Waals surface area (Å²) >= 11 is 0. The minimum absolute atomic E-state index is 0.308. The van der Waals surface area contributed by atoms with Crippen molar-refractivity contribution in [2.75, 3.05) is 33.3 Å². The highest BCUT2D eigenvalue weighted by Crippen LogP contribution is 2.41. The van der Waals surface area contributed by atoms with E-state index >= 15 is 0 Å². The molecule has 0 aliphatic heterocycles. The highest BCUT2D eigenvalue weighted by Gasteiger charge is 2.41. The average Bonchev–Trinajstić information content (AvgIpc) is 2.59. The molecule has 17 heavy (non-hydrogen) atoms. The summed E-state index contributed by atoms with van der Waals surface area (Å²) in [6.07, 6.45) is 3.54. The van der Waals surface area contributed by atoms with Crippen LogP contribution in [0.2, 0.25) is 0 Å². The van der Waals surface area contributed by atoms with Gasteiger partial charge >= 0.3 is 0 Å². The molecule has 0 aromatic rings. The van der Waals surface area contributed by atoms with E-state index in [1.807, 2.05) is 0 Å². The third-order valence-electron chi connectivity index (χ3n) is 4.36. The van der Waals surface area contributed by atoms with Crippen LogP contribution in [0.3, 0.4) is 0 Å². The van der Waals surface area contributed by atoms with Gasteiger partial charge in [-0.1, -0.05) is 20.8 Å². The van der Waals surface area contributed by atoms with Crippen molar-refractivity contribution < 1.29 is 5.11 Å². The molecule has 102 valence electrons. The van der Waals surface area contributed by atoms with E-state index in [0.29, 0.717) is 18.1 Å². The Balaban J connectivity index is 2.49. The molecular weight excluding hydrogens is 212 g/mol. The average molecular weight is 242 g/mol. The Hall–Kier alpha value is -0.120. The summed E-state index contributed by atoms with van der Waals surface area (Å²) < 4.78 is 0. The van der Waals surface area contributed by atoms with Gasteiger partial charge in [-0.3, -0.25) is 0 Å². The van der Waals surface area contributed by atoms with Crippen LogP contribution >= 0.6 is 0 Å². The molecule has 2 atom stereocenters. The fraction of sp³-hybridized carbons (Fsp3) is 1.00. The zero-order chi connectivity index (χ0) is 12.9. The Morgan fingerprint density at radius 3 is 2.65 bits per heavy atom. The van der Waals surface area contributed by atoms with Gasteiger partial charge in [-0.2, -0.15) is 0 Å². The van der Waals surface area contributed by atoms with E-state index in [4.69, 9.17) is 5.11 Å². The molecule has 0 radical (unpaired) electrons. The van der Waals surface area contributed by atoms with E-state index in [2.05, 4.69) is 38.0 Å². The lowest BCUT2D eigenvalue weighted by atomic mass is 9.85. The van der Waals surface area contributed by atoms with Crippen LogP contribution in [0.15, 0.2) is 0 Å². The van der Waals surface area contributed by atoms with E-state index in [1.54, 1.807) is 0 Å². The van der Waals surface area contributed by atoms with Crippen molar-refractivity contribution in [2.45, 2.75) is 46.1 Å². The summed E-state index contributed by atoms with van der Waals surface area (Å²) in [5.74, 6) is 0.758. The first-order chi connectivity index (χ1) is 8.05. The van der Waals surface area contributed by atoms with Crippen molar-refractivity contribution in [2.24, 2.45) is 11.3 Å². The lowest BCUT2D eigenvalue weighted by Crippen LogP contribution is -2.44. The molecule has 0 amide bonds. The normalized spacial score (nSPS) is 27.9. The first-order valence-corrected chi connectivity index (χ1v) is 7.05. The van der Waals surface area contributed by atoms with Crippen molar-refractivity contribution in [3.8, 4) is 0 Å². The number of hydrogen-bond donors (Lipinski definition) is 2. The molecule has 0 spiro atoms. The summed E-state index contributed by atoms with van der Waals surface area (Å²) in [4.78, 5) is 2.48. The maximum absolute atomic E-state index is 8.91. The van der Waals surface area contributed by atoms with Crippen LogP contribution in [0.4, 0.5) is 0 Å². The van der Waals surface area contributed by atoms with Crippen LogP contribution in [0.1, 0.15) is 40.0 Å². The van der Waals surface area contributed by atoms with E-state index in [9.17, 15) is 0 Å². The molecule has 2 N–H and O–H groups in total. The van der Waals surface area contributed by atoms with Gasteiger partial charge in [0, 0.05) is 25.7 Å². The van der Waals surface area contributed by atoms with Gasteiger partial charge in [0.15, 0.2) is 0 Å². The first-order valence-electron chi connectivity index (χ1n) is 7.05. The molecule has 0 saturated heterocycles. The van der Waals surface area contributed by atoms with Gasteiger partial charge < -0.3 is 15.3 Å². The maximum Gasteiger partial charge on any atom is 0.0443 e. The third kappa shape index (κ3) is 3.94. The SMILES string of the molecule is CCN(CCCO)CC1CCC(C)(C)C1NC. The lowest BCUT2D eigenvalue weighted by molar-refractivity contribution is 0.179. The molecule has 0 aromatic heterocycles. The third-order valence-corrected chi connectivity index (χ3v) is 4.36. The number of nitrogens with zero attached hydrogens (tertiary/aromatic N) is 1. The molecule has 1 rings (SSSR count). The van der Waals surface area contributed by atoms with Crippen LogP contribution in [0.5, 0.6) is 0 Å². The van der Waals surface area contributed by atoms with Crippen molar-refractivity contribution >= 4 is 0 Å². The topological polar surface area (TPSA) is 35.5 Å². The molecule has 0 heterocycles. The zero-order valence-corrected chi connectivity index (χ0v) is 12.0. The molecule has 0 aromatic carbocycles. The number of nitrogens with one attached hydrogen (secondary N) is 1. The highest BCUT2D eigenvalue weighted by atomic mass is 16.3. The quantitative estimate of drug-likeness (QED) is 0.713. The van der Waals surface area contributed by atoms with Gasteiger partial charge in [-0.25, -0.2) is 0 Å². The first kappa shape index (κ1) is 14.9. The summed E-state index contributed by atoms with van der Waals surface area (Å²) in [6.45, 7) is 10.6. The van der Waals surface area contributed by atoms with Crippen LogP contribution in [0, 0.1) is 11.3 Å². The molecule has 1 saturated carbocycles. The predicted molar refractivity (Wildman–Crippen MR) is 73.2 cm³/mol. The standard InChI is InChI=1S/C14H30N2O/c1-5-16(9-6-10-17)11-12-7-8-14(2,3)13(12)15-4/h12-13,15,17H,5-11H2,1-4H3. The monoisotopic (exact) mass is 242 g/mol. The minimum Gasteiger partial charge on any atom is -0.396 e. The molecule has 0 bridgehead atoms. The van der Waals surface area contributed by atoms with Gasteiger partial charge in [-0.05, 0) is 44.2 Å². The fourth-order valence-electron chi connectivity index (χ4n) is 3.35. The second-order valence-corrected chi connectivity index (χ2v) is 6.02. The minimum atomic E-state index is 0.308. The molecule has 1 fully saturated rings. The van der Waals surface area contributed by atoms with Crippen LogP contribution < -0.4 is 5.32 Å². The van der Waals surface area contributed by atoms with E-state index in [1.165, 1.54) is 19.4 Å². The number of aliphatic hydroxyl groups is 1. The van der Waals surface area contributed by atoms with Gasteiger partial charge in [0.05, 0.1) is 0 Å². The Labute approximate surface area is 107 Å². The Morgan fingerprint density at radius 2 is 2.12 bits per heavy atom. The Bertz CT molecular complexity index is 218. The summed E-state index contributed by atoms with van der Waals surface area (Å²) in [6, 6.07) is 0.630. The van der Waals surface area contributed by atoms with Crippen LogP contribution in [-0.2, 0) is 0 Å². The molecule has 1 aliphatic carbocycles. The van der Waals surface area contributed by atoms with E-state index in [0.717, 1.165) is 25.4 Å². The Kier molecular flexibility index (Phi) is 5.90. The molecular formula is C14H30N2O. The summed E-state index contributed by atoms with van der Waals surface area (Å²) in [5.41, 5.74) is 0.426. The second kappa shape index (κ2) is 6.72. The Morgan fingerprint density at radius 1 is 1.41 bits per heavy atom. The summed E-state index contributed by atoms with van der Waals surface area (Å²) in [7, 11) is 2.09. The van der Waals surface area contributed by atoms with Crippen LogP contribution in [0.25, 0.3) is 0 Å². The smallest absolute Gasteiger partial charge is 0.0443 e. The second-order valence-electron chi connectivity index (χ2n) is 6.02. The number of hydrogen-bond acceptors (Lipinski definition) is 3. The maximum atomic E-state index is 8.91. The molecule has 2 unspecified atom stereocenters. The van der Waals surface area contributed by atoms with Gasteiger partial charge in [0.1, 0.15) is 0 Å². The van der Waals surface area contributed by atoms with Crippen molar-refractivity contribution in [1.29, 1.82) is 0 Å². The van der Waals surface area contributed by atoms with E-state index in [-0.39, 0.29) is 0 Å². The van der Waals surface area contributed by atoms with Crippen LogP contribution in [-0.4, -0.2) is 49.3 Å². The summed E-state index contributed by atoms with van der Waals surface area (Å²) in [5, 5.41) is 12.4. The van der Waals surface area contributed by atoms with E-state index < -0.39 is 0 Å². The largest absolute Gasteiger partial charge is 0.396 e. The predicted octanol–water partition coefficient (Wildman–Crippen LogP) is 1.71. The van der Waals surface area contributed by atoms with Crippen molar-refractivity contribution in [1.82, 2.24) is 10.2 Å². The van der Waals surface area contributed by atoms with Gasteiger partial charge in [0.25, 0.3) is 0 Å². The lowest BCUT2D eigenvalue weighted by Gasteiger charge is -2.33. The zero-order valence-electron chi connectivity index (χ0n) is 12.0. The van der Waals surface area contributed by atoms with Gasteiger partial charge in [0.2, 0.25) is 0 Å². The van der Waals surface area contributed by atoms with Crippen molar-refractivity contribution in [3.05, 3.63) is 0 Å². The number of aliphatic hydroxyl groups excluding tert-OH is 1. The number of rotatable bonds is 7. The molecule has 3 nitrogen and oxygen atoms in total.